The first-order valence-corrected chi connectivity index (χ1v) is 7.50. The first-order chi connectivity index (χ1) is 10.3. The van der Waals surface area contributed by atoms with Crippen LogP contribution in [0.1, 0.15) is 24.5 Å². The van der Waals surface area contributed by atoms with Crippen LogP contribution in [0.5, 0.6) is 0 Å². The van der Waals surface area contributed by atoms with Gasteiger partial charge < -0.3 is 15.1 Å². The lowest BCUT2D eigenvalue weighted by Crippen LogP contribution is -2.33. The van der Waals surface area contributed by atoms with E-state index in [1.54, 1.807) is 6.92 Å². The molecule has 0 saturated carbocycles. The van der Waals surface area contributed by atoms with E-state index in [1.807, 2.05) is 0 Å². The van der Waals surface area contributed by atoms with E-state index >= 15 is 0 Å². The SMILES string of the molecule is CC(O)C1CCN(CC(O)Cc2ccc(C(F)(F)F)cc2)C1. The summed E-state index contributed by atoms with van der Waals surface area (Å²) in [7, 11) is 0. The molecule has 3 unspecified atom stereocenters. The fourth-order valence-corrected chi connectivity index (χ4v) is 2.89. The smallest absolute Gasteiger partial charge is 0.393 e. The summed E-state index contributed by atoms with van der Waals surface area (Å²) in [5, 5.41) is 19.6. The monoisotopic (exact) mass is 317 g/mol. The number of hydrogen-bond acceptors (Lipinski definition) is 3. The van der Waals surface area contributed by atoms with Gasteiger partial charge in [-0.3, -0.25) is 0 Å². The van der Waals surface area contributed by atoms with Gasteiger partial charge in [0.1, 0.15) is 0 Å². The van der Waals surface area contributed by atoms with Crippen molar-refractivity contribution in [2.24, 2.45) is 5.92 Å². The summed E-state index contributed by atoms with van der Waals surface area (Å²) in [6.45, 7) is 3.83. The van der Waals surface area contributed by atoms with Crippen molar-refractivity contribution >= 4 is 0 Å². The highest BCUT2D eigenvalue weighted by Gasteiger charge is 2.30. The Kier molecular flexibility index (Phi) is 5.47. The van der Waals surface area contributed by atoms with E-state index in [1.165, 1.54) is 12.1 Å². The van der Waals surface area contributed by atoms with Crippen LogP contribution in [0.3, 0.4) is 0 Å². The van der Waals surface area contributed by atoms with E-state index < -0.39 is 17.8 Å². The van der Waals surface area contributed by atoms with Gasteiger partial charge in [0.15, 0.2) is 0 Å². The van der Waals surface area contributed by atoms with Crippen molar-refractivity contribution in [3.8, 4) is 0 Å². The van der Waals surface area contributed by atoms with E-state index in [0.717, 1.165) is 31.6 Å². The van der Waals surface area contributed by atoms with Gasteiger partial charge >= 0.3 is 6.18 Å². The van der Waals surface area contributed by atoms with Crippen LogP contribution in [-0.2, 0) is 12.6 Å². The van der Waals surface area contributed by atoms with Crippen LogP contribution in [-0.4, -0.2) is 47.0 Å². The zero-order valence-corrected chi connectivity index (χ0v) is 12.6. The van der Waals surface area contributed by atoms with E-state index in [4.69, 9.17) is 0 Å². The Morgan fingerprint density at radius 3 is 2.36 bits per heavy atom. The number of aliphatic hydroxyl groups is 2. The van der Waals surface area contributed by atoms with E-state index in [0.29, 0.717) is 18.5 Å². The third-order valence-corrected chi connectivity index (χ3v) is 4.21. The predicted octanol–water partition coefficient (Wildman–Crippen LogP) is 2.31. The summed E-state index contributed by atoms with van der Waals surface area (Å²) in [4.78, 5) is 2.09. The Hall–Kier alpha value is -1.11. The molecule has 0 radical (unpaired) electrons. The minimum absolute atomic E-state index is 0.235. The molecule has 1 aromatic rings. The highest BCUT2D eigenvalue weighted by Crippen LogP contribution is 2.29. The molecule has 1 fully saturated rings. The van der Waals surface area contributed by atoms with Gasteiger partial charge in [0, 0.05) is 13.1 Å². The quantitative estimate of drug-likeness (QED) is 0.876. The summed E-state index contributed by atoms with van der Waals surface area (Å²) in [6.07, 6.45) is -4.07. The maximum absolute atomic E-state index is 12.5. The van der Waals surface area contributed by atoms with Crippen molar-refractivity contribution in [1.29, 1.82) is 0 Å². The standard InChI is InChI=1S/C16H22F3NO2/c1-11(21)13-6-7-20(9-13)10-15(22)8-12-2-4-14(5-3-12)16(17,18)19/h2-5,11,13,15,21-22H,6-10H2,1H3. The number of likely N-dealkylation sites (tertiary alicyclic amines) is 1. The van der Waals surface area contributed by atoms with Crippen molar-refractivity contribution in [2.75, 3.05) is 19.6 Å². The maximum atomic E-state index is 12.5. The fourth-order valence-electron chi connectivity index (χ4n) is 2.89. The number of benzene rings is 1. The van der Waals surface area contributed by atoms with Crippen LogP contribution in [0.2, 0.25) is 0 Å². The minimum atomic E-state index is -4.33. The van der Waals surface area contributed by atoms with Gasteiger partial charge in [0.2, 0.25) is 0 Å². The number of nitrogens with zero attached hydrogens (tertiary/aromatic N) is 1. The molecule has 1 saturated heterocycles. The Balaban J connectivity index is 1.83. The zero-order valence-electron chi connectivity index (χ0n) is 12.6. The molecule has 2 N–H and O–H groups in total. The lowest BCUT2D eigenvalue weighted by molar-refractivity contribution is -0.137. The summed E-state index contributed by atoms with van der Waals surface area (Å²) in [6, 6.07) is 4.91. The number of rotatable bonds is 5. The van der Waals surface area contributed by atoms with E-state index in [9.17, 15) is 23.4 Å². The molecule has 1 aromatic carbocycles. The van der Waals surface area contributed by atoms with Crippen molar-refractivity contribution in [2.45, 2.75) is 38.1 Å². The molecule has 1 heterocycles. The molecule has 3 atom stereocenters. The second-order valence-electron chi connectivity index (χ2n) is 6.10. The van der Waals surface area contributed by atoms with Gasteiger partial charge in [-0.25, -0.2) is 0 Å². The number of hydrogen-bond donors (Lipinski definition) is 2. The number of alkyl halides is 3. The van der Waals surface area contributed by atoms with Crippen LogP contribution in [0.25, 0.3) is 0 Å². The lowest BCUT2D eigenvalue weighted by atomic mass is 10.0. The molecule has 22 heavy (non-hydrogen) atoms. The first kappa shape index (κ1) is 17.2. The predicted molar refractivity (Wildman–Crippen MR) is 77.4 cm³/mol. The number of halogens is 3. The molecule has 0 amide bonds. The van der Waals surface area contributed by atoms with Gasteiger partial charge in [-0.15, -0.1) is 0 Å². The van der Waals surface area contributed by atoms with Gasteiger partial charge in [0.05, 0.1) is 17.8 Å². The van der Waals surface area contributed by atoms with E-state index in [-0.39, 0.29) is 12.0 Å². The highest BCUT2D eigenvalue weighted by atomic mass is 19.4. The van der Waals surface area contributed by atoms with E-state index in [2.05, 4.69) is 4.90 Å². The average Bonchev–Trinajstić information content (AvgIpc) is 2.86. The molecule has 0 aliphatic carbocycles. The van der Waals surface area contributed by atoms with Crippen molar-refractivity contribution in [3.05, 3.63) is 35.4 Å². The Labute approximate surface area is 128 Å². The van der Waals surface area contributed by atoms with Gasteiger partial charge in [-0.05, 0) is 49.9 Å². The second-order valence-corrected chi connectivity index (χ2v) is 6.10. The Morgan fingerprint density at radius 1 is 1.23 bits per heavy atom. The summed E-state index contributed by atoms with van der Waals surface area (Å²) in [5.74, 6) is 0.235. The fraction of sp³-hybridized carbons (Fsp3) is 0.625. The minimum Gasteiger partial charge on any atom is -0.393 e. The van der Waals surface area contributed by atoms with Gasteiger partial charge in [-0.1, -0.05) is 12.1 Å². The maximum Gasteiger partial charge on any atom is 0.416 e. The number of aliphatic hydroxyl groups excluding tert-OH is 2. The van der Waals surface area contributed by atoms with Gasteiger partial charge in [-0.2, -0.15) is 13.2 Å². The molecule has 1 aliphatic rings. The third-order valence-electron chi connectivity index (χ3n) is 4.21. The first-order valence-electron chi connectivity index (χ1n) is 7.50. The third kappa shape index (κ3) is 4.69. The molecule has 3 nitrogen and oxygen atoms in total. The highest BCUT2D eigenvalue weighted by molar-refractivity contribution is 5.25. The molecule has 1 aliphatic heterocycles. The Morgan fingerprint density at radius 2 is 1.86 bits per heavy atom. The van der Waals surface area contributed by atoms with Crippen molar-refractivity contribution < 1.29 is 23.4 Å². The average molecular weight is 317 g/mol. The summed E-state index contributed by atoms with van der Waals surface area (Å²) in [5.41, 5.74) is 0.0110. The van der Waals surface area contributed by atoms with Crippen molar-refractivity contribution in [1.82, 2.24) is 4.90 Å². The number of β-amino-alcohol motifs (C(OH)–C–C–N with tert-alkyl or cyclic N) is 1. The summed E-state index contributed by atoms with van der Waals surface area (Å²) >= 11 is 0. The largest absolute Gasteiger partial charge is 0.416 e. The topological polar surface area (TPSA) is 43.7 Å². The molecule has 0 aromatic heterocycles. The van der Waals surface area contributed by atoms with Crippen LogP contribution in [0, 0.1) is 5.92 Å². The van der Waals surface area contributed by atoms with Crippen molar-refractivity contribution in [3.63, 3.8) is 0 Å². The van der Waals surface area contributed by atoms with Crippen LogP contribution >= 0.6 is 0 Å². The molecule has 2 rings (SSSR count). The molecule has 0 spiro atoms. The van der Waals surface area contributed by atoms with Crippen LogP contribution < -0.4 is 0 Å². The molecule has 124 valence electrons. The van der Waals surface area contributed by atoms with Gasteiger partial charge in [0.25, 0.3) is 0 Å². The lowest BCUT2D eigenvalue weighted by Gasteiger charge is -2.21. The van der Waals surface area contributed by atoms with Crippen LogP contribution in [0.15, 0.2) is 24.3 Å². The zero-order chi connectivity index (χ0) is 16.3. The molecular weight excluding hydrogens is 295 g/mol. The molecule has 6 heteroatoms. The molecule has 0 bridgehead atoms. The molecular formula is C16H22F3NO2. The summed E-state index contributed by atoms with van der Waals surface area (Å²) < 4.78 is 37.4. The second kappa shape index (κ2) is 6.98. The van der Waals surface area contributed by atoms with Crippen LogP contribution in [0.4, 0.5) is 13.2 Å². The normalized spacial score (nSPS) is 22.7. The Bertz CT molecular complexity index is 473.